The average molecular weight is 1510 g/mol. The maximum Gasteiger partial charge on any atom is 0.220 e. The fourth-order valence-electron chi connectivity index (χ4n) is 12.7. The number of hydrogen-bond acceptors (Lipinski definition) is 18. The number of nitrogens with one attached hydrogen (secondary N) is 1. The molecule has 1 amide bonds. The van der Waals surface area contributed by atoms with E-state index in [2.05, 4.69) is 165 Å². The van der Waals surface area contributed by atoms with Crippen molar-refractivity contribution in [2.24, 2.45) is 0 Å². The summed E-state index contributed by atoms with van der Waals surface area (Å²) in [5, 5.41) is 121. The Kier molecular flexibility index (Phi) is 59.6. The summed E-state index contributed by atoms with van der Waals surface area (Å²) in [5.41, 5.74) is 0. The number of allylic oxidation sites excluding steroid dienone is 25. The third-order valence-corrected chi connectivity index (χ3v) is 19.3. The molecule has 3 heterocycles. The van der Waals surface area contributed by atoms with Crippen LogP contribution in [0.15, 0.2) is 158 Å². The highest BCUT2D eigenvalue weighted by molar-refractivity contribution is 5.76. The molecule has 0 radical (unpaired) electrons. The van der Waals surface area contributed by atoms with E-state index in [1.807, 2.05) is 6.08 Å². The number of rotatable bonds is 63. The summed E-state index contributed by atoms with van der Waals surface area (Å²) in [7, 11) is 0. The monoisotopic (exact) mass is 1500 g/mol. The van der Waals surface area contributed by atoms with Crippen LogP contribution in [0.2, 0.25) is 0 Å². The fraction of sp³-hybridized carbons (Fsp3) is 0.693. The number of hydrogen-bond donors (Lipinski definition) is 12. The standard InChI is InChI=1S/C88H145NO18/c1-3-5-7-9-11-13-15-17-19-21-23-25-26-27-28-29-30-31-32-33-34-35-36-37-38-39-40-41-42-43-44-46-48-50-52-54-56-58-60-62-64-66-76(94)89-71(72(93)65-63-61-59-57-55-53-51-49-47-45-24-22-20-18-16-14-12-10-8-6-4-2)70-102-86-82(100)79(97)84(74(68-91)104-86)107-88-83(101)80(98)85(75(69-92)105-88)106-87-81(99)78(96)77(95)73(67-90)103-87/h5,7,11,13,17,19,23,25,27-28,30-31,33-34,36-37,39-40,42-43,46,48,55,57,63,65,71-75,77-88,90-93,95-101H,3-4,6,8-10,12,14-16,18,20-22,24,26,29,32,35,38,41,44-45,47,49-54,56,58-62,64,66-70H2,1-2H3,(H,89,94)/b7-5-,13-11-,19-17-,25-23-,28-27-,31-30-,34-33-,37-36-,40-39-,43-42-,48-46-,57-55+,65-63+. The van der Waals surface area contributed by atoms with Crippen LogP contribution in [0.4, 0.5) is 0 Å². The predicted molar refractivity (Wildman–Crippen MR) is 429 cm³/mol. The Bertz CT molecular complexity index is 2550. The molecule has 0 spiro atoms. The molecule has 0 bridgehead atoms. The summed E-state index contributed by atoms with van der Waals surface area (Å²) in [6.45, 7) is 1.59. The molecule has 0 saturated carbocycles. The van der Waals surface area contributed by atoms with E-state index in [-0.39, 0.29) is 18.9 Å². The molecule has 17 atom stereocenters. The number of unbranched alkanes of at least 4 members (excludes halogenated alkanes) is 23. The molecule has 3 rings (SSSR count). The molecule has 12 N–H and O–H groups in total. The third kappa shape index (κ3) is 45.5. The van der Waals surface area contributed by atoms with Crippen LogP contribution in [-0.2, 0) is 33.2 Å². The Morgan fingerprint density at radius 1 is 0.346 bits per heavy atom. The van der Waals surface area contributed by atoms with Crippen molar-refractivity contribution in [3.63, 3.8) is 0 Å². The number of ether oxygens (including phenoxy) is 6. The molecule has 0 aromatic rings. The zero-order chi connectivity index (χ0) is 77.4. The Labute approximate surface area is 644 Å². The van der Waals surface area contributed by atoms with E-state index in [4.69, 9.17) is 28.4 Å². The van der Waals surface area contributed by atoms with Crippen molar-refractivity contribution >= 4 is 5.91 Å². The predicted octanol–water partition coefficient (Wildman–Crippen LogP) is 14.4. The van der Waals surface area contributed by atoms with Crippen LogP contribution in [0.25, 0.3) is 0 Å². The van der Waals surface area contributed by atoms with E-state index < -0.39 is 124 Å². The lowest BCUT2D eigenvalue weighted by atomic mass is 9.96. The zero-order valence-electron chi connectivity index (χ0n) is 65.3. The van der Waals surface area contributed by atoms with Gasteiger partial charge in [-0.05, 0) is 116 Å². The first-order valence-electron chi connectivity index (χ1n) is 41.2. The fourth-order valence-corrected chi connectivity index (χ4v) is 12.7. The van der Waals surface area contributed by atoms with Crippen molar-refractivity contribution < 1.29 is 89.4 Å². The van der Waals surface area contributed by atoms with E-state index in [0.29, 0.717) is 12.8 Å². The quantitative estimate of drug-likeness (QED) is 0.0199. The second kappa shape index (κ2) is 66.1. The largest absolute Gasteiger partial charge is 0.394 e. The molecule has 0 aliphatic carbocycles. The van der Waals surface area contributed by atoms with Gasteiger partial charge < -0.3 is 89.9 Å². The second-order valence-corrected chi connectivity index (χ2v) is 28.5. The number of aliphatic hydroxyl groups is 11. The summed E-state index contributed by atoms with van der Waals surface area (Å²) in [6.07, 6.45) is 70.8. The van der Waals surface area contributed by atoms with Crippen LogP contribution >= 0.6 is 0 Å². The van der Waals surface area contributed by atoms with Gasteiger partial charge in [-0.2, -0.15) is 0 Å². The minimum atomic E-state index is -1.99. The first kappa shape index (κ1) is 96.6. The van der Waals surface area contributed by atoms with Gasteiger partial charge in [-0.25, -0.2) is 0 Å². The topological polar surface area (TPSA) is 307 Å². The Balaban J connectivity index is 1.36. The lowest BCUT2D eigenvalue weighted by Crippen LogP contribution is -2.66. The number of carbonyl (C=O) groups is 1. The summed E-state index contributed by atoms with van der Waals surface area (Å²) in [4.78, 5) is 13.5. The van der Waals surface area contributed by atoms with Crippen LogP contribution in [0, 0.1) is 0 Å². The molecule has 19 nitrogen and oxygen atoms in total. The first-order chi connectivity index (χ1) is 52.3. The van der Waals surface area contributed by atoms with Crippen molar-refractivity contribution in [3.8, 4) is 0 Å². The van der Waals surface area contributed by atoms with E-state index in [0.717, 1.165) is 135 Å². The van der Waals surface area contributed by atoms with Gasteiger partial charge in [-0.15, -0.1) is 0 Å². The summed E-state index contributed by atoms with van der Waals surface area (Å²) in [6, 6.07) is -1.01. The Morgan fingerprint density at radius 2 is 0.654 bits per heavy atom. The molecule has 610 valence electrons. The van der Waals surface area contributed by atoms with Gasteiger partial charge in [-0.3, -0.25) is 4.79 Å². The van der Waals surface area contributed by atoms with Crippen LogP contribution in [-0.4, -0.2) is 193 Å². The molecule has 0 aromatic heterocycles. The van der Waals surface area contributed by atoms with Crippen LogP contribution in [0.5, 0.6) is 0 Å². The van der Waals surface area contributed by atoms with Gasteiger partial charge in [0.15, 0.2) is 18.9 Å². The maximum absolute atomic E-state index is 13.5. The molecule has 0 aromatic carbocycles. The van der Waals surface area contributed by atoms with E-state index >= 15 is 0 Å². The molecule has 3 saturated heterocycles. The van der Waals surface area contributed by atoms with Gasteiger partial charge >= 0.3 is 0 Å². The van der Waals surface area contributed by atoms with Crippen molar-refractivity contribution in [1.82, 2.24) is 5.32 Å². The summed E-state index contributed by atoms with van der Waals surface area (Å²) >= 11 is 0. The highest BCUT2D eigenvalue weighted by Crippen LogP contribution is 2.33. The number of amides is 1. The normalized spacial score (nSPS) is 26.4. The van der Waals surface area contributed by atoms with Gasteiger partial charge in [0.25, 0.3) is 0 Å². The minimum absolute atomic E-state index is 0.212. The smallest absolute Gasteiger partial charge is 0.220 e. The lowest BCUT2D eigenvalue weighted by Gasteiger charge is -2.48. The second-order valence-electron chi connectivity index (χ2n) is 28.5. The SMILES string of the molecule is CC/C=C\C/C=C\C/C=C\C/C=C\C/C=C\C/C=C\C/C=C\C/C=C\C/C=C\C/C=C\C/C=C\CCCCCCCCCC(=O)NC(COC1OC(CO)C(OC2OC(CO)C(OC3OC(CO)C(O)C(O)C3O)C(O)C2O)C(O)C1O)C(O)/C=C/CC/C=C/CCCCCCCCCCCCCCCCC. The van der Waals surface area contributed by atoms with E-state index in [1.165, 1.54) is 89.9 Å². The van der Waals surface area contributed by atoms with Gasteiger partial charge in [0.2, 0.25) is 5.91 Å². The van der Waals surface area contributed by atoms with Crippen molar-refractivity contribution in [2.75, 3.05) is 26.4 Å². The highest BCUT2D eigenvalue weighted by atomic mass is 16.8. The molecule has 19 heteroatoms. The molecule has 3 aliphatic heterocycles. The zero-order valence-corrected chi connectivity index (χ0v) is 65.3. The Morgan fingerprint density at radius 3 is 1.05 bits per heavy atom. The molecular weight excluding hydrogens is 1360 g/mol. The molecule has 3 fully saturated rings. The number of aliphatic hydroxyl groups excluding tert-OH is 11. The maximum atomic E-state index is 13.5. The van der Waals surface area contributed by atoms with Gasteiger partial charge in [-0.1, -0.05) is 294 Å². The summed E-state index contributed by atoms with van der Waals surface area (Å²) in [5.74, 6) is -0.302. The average Bonchev–Trinajstić information content (AvgIpc) is 0.782. The molecule has 3 aliphatic rings. The molecule has 17 unspecified atom stereocenters. The van der Waals surface area contributed by atoms with Gasteiger partial charge in [0.05, 0.1) is 38.6 Å². The van der Waals surface area contributed by atoms with Gasteiger partial charge in [0.1, 0.15) is 73.2 Å². The van der Waals surface area contributed by atoms with Crippen molar-refractivity contribution in [2.45, 2.75) is 362 Å². The lowest BCUT2D eigenvalue weighted by molar-refractivity contribution is -0.379. The van der Waals surface area contributed by atoms with Gasteiger partial charge in [0, 0.05) is 6.42 Å². The number of carbonyl (C=O) groups excluding carboxylic acids is 1. The van der Waals surface area contributed by atoms with Crippen LogP contribution in [0.1, 0.15) is 258 Å². The Hall–Kier alpha value is -4.59. The van der Waals surface area contributed by atoms with Crippen molar-refractivity contribution in [1.29, 1.82) is 0 Å². The third-order valence-electron chi connectivity index (χ3n) is 19.3. The first-order valence-corrected chi connectivity index (χ1v) is 41.2. The van der Waals surface area contributed by atoms with Crippen molar-refractivity contribution in [3.05, 3.63) is 158 Å². The highest BCUT2D eigenvalue weighted by Gasteiger charge is 2.54. The summed E-state index contributed by atoms with van der Waals surface area (Å²) < 4.78 is 34.4. The molecule has 107 heavy (non-hydrogen) atoms. The van der Waals surface area contributed by atoms with E-state index in [1.54, 1.807) is 6.08 Å². The van der Waals surface area contributed by atoms with Crippen LogP contribution in [0.3, 0.4) is 0 Å². The molecular formula is C88H145NO18. The minimum Gasteiger partial charge on any atom is -0.394 e. The van der Waals surface area contributed by atoms with Crippen LogP contribution < -0.4 is 5.32 Å². The van der Waals surface area contributed by atoms with E-state index in [9.17, 15) is 61.0 Å².